The summed E-state index contributed by atoms with van der Waals surface area (Å²) in [7, 11) is 0. The van der Waals surface area contributed by atoms with Gasteiger partial charge in [0, 0.05) is 12.1 Å². The molecule has 1 atom stereocenters. The molecule has 0 radical (unpaired) electrons. The summed E-state index contributed by atoms with van der Waals surface area (Å²) in [4.78, 5) is 39.8. The van der Waals surface area contributed by atoms with E-state index in [9.17, 15) is 24.6 Å². The van der Waals surface area contributed by atoms with E-state index in [0.29, 0.717) is 34.6 Å². The van der Waals surface area contributed by atoms with Crippen LogP contribution in [0.15, 0.2) is 78.4 Å². The van der Waals surface area contributed by atoms with E-state index in [1.807, 2.05) is 6.92 Å². The molecule has 1 saturated heterocycles. The highest BCUT2D eigenvalue weighted by Gasteiger charge is 2.46. The minimum Gasteiger partial charge on any atom is -0.508 e. The van der Waals surface area contributed by atoms with Crippen LogP contribution in [0.3, 0.4) is 0 Å². The highest BCUT2D eigenvalue weighted by Crippen LogP contribution is 2.40. The van der Waals surface area contributed by atoms with Gasteiger partial charge in [0.05, 0.1) is 30.4 Å². The maximum absolute atomic E-state index is 13.3. The Kier molecular flexibility index (Phi) is 8.11. The number of likely N-dealkylation sites (tertiary alicyclic amines) is 1. The SMILES string of the molecule is CCCOc1ccc(/C(O)=C2\C(=O)C(=O)N(Cc3ccc(C(=O)OCC)cc3)C2c2ccc(O)cc2)cc1. The van der Waals surface area contributed by atoms with E-state index >= 15 is 0 Å². The number of aromatic hydroxyl groups is 1. The molecule has 8 nitrogen and oxygen atoms in total. The first kappa shape index (κ1) is 26.5. The summed E-state index contributed by atoms with van der Waals surface area (Å²) in [5.74, 6) is -1.66. The number of esters is 1. The number of hydrogen-bond donors (Lipinski definition) is 2. The number of aliphatic hydroxyl groups excluding tert-OH is 1. The third-order valence-electron chi connectivity index (χ3n) is 6.17. The maximum atomic E-state index is 13.3. The third-order valence-corrected chi connectivity index (χ3v) is 6.17. The van der Waals surface area contributed by atoms with Crippen molar-refractivity contribution in [3.63, 3.8) is 0 Å². The van der Waals surface area contributed by atoms with Crippen LogP contribution in [0.1, 0.15) is 53.4 Å². The summed E-state index contributed by atoms with van der Waals surface area (Å²) < 4.78 is 10.6. The van der Waals surface area contributed by atoms with Gasteiger partial charge in [-0.15, -0.1) is 0 Å². The molecule has 1 aliphatic rings. The number of nitrogens with zero attached hydrogens (tertiary/aromatic N) is 1. The minimum absolute atomic E-state index is 0.0305. The number of aliphatic hydroxyl groups is 1. The highest BCUT2D eigenvalue weighted by atomic mass is 16.5. The number of ether oxygens (including phenoxy) is 2. The minimum atomic E-state index is -0.892. The van der Waals surface area contributed by atoms with Crippen LogP contribution in [0.5, 0.6) is 11.5 Å². The van der Waals surface area contributed by atoms with Crippen LogP contribution in [0, 0.1) is 0 Å². The van der Waals surface area contributed by atoms with Gasteiger partial charge in [0.15, 0.2) is 0 Å². The van der Waals surface area contributed by atoms with Gasteiger partial charge >= 0.3 is 5.97 Å². The molecule has 196 valence electrons. The Morgan fingerprint density at radius 1 is 0.895 bits per heavy atom. The number of phenolic OH excluding ortho intramolecular Hbond substituents is 1. The van der Waals surface area contributed by atoms with Crippen LogP contribution < -0.4 is 4.74 Å². The monoisotopic (exact) mass is 515 g/mol. The zero-order valence-corrected chi connectivity index (χ0v) is 21.2. The van der Waals surface area contributed by atoms with Crippen LogP contribution in [0.2, 0.25) is 0 Å². The second kappa shape index (κ2) is 11.6. The number of hydrogen-bond acceptors (Lipinski definition) is 7. The van der Waals surface area contributed by atoms with Crippen LogP contribution in [-0.2, 0) is 20.9 Å². The smallest absolute Gasteiger partial charge is 0.338 e. The zero-order valence-electron chi connectivity index (χ0n) is 21.2. The van der Waals surface area contributed by atoms with Crippen molar-refractivity contribution in [2.75, 3.05) is 13.2 Å². The Labute approximate surface area is 220 Å². The average molecular weight is 516 g/mol. The average Bonchev–Trinajstić information content (AvgIpc) is 3.17. The molecule has 1 heterocycles. The second-order valence-electron chi connectivity index (χ2n) is 8.81. The molecule has 3 aromatic carbocycles. The Bertz CT molecular complexity index is 1340. The van der Waals surface area contributed by atoms with Gasteiger partial charge in [0.25, 0.3) is 11.7 Å². The van der Waals surface area contributed by atoms with Gasteiger partial charge < -0.3 is 24.6 Å². The molecule has 0 bridgehead atoms. The number of rotatable bonds is 9. The lowest BCUT2D eigenvalue weighted by atomic mass is 9.95. The molecule has 0 spiro atoms. The van der Waals surface area contributed by atoms with Crippen LogP contribution in [0.4, 0.5) is 0 Å². The predicted molar refractivity (Wildman–Crippen MR) is 141 cm³/mol. The van der Waals surface area contributed by atoms with Gasteiger partial charge in [-0.25, -0.2) is 4.79 Å². The largest absolute Gasteiger partial charge is 0.508 e. The van der Waals surface area contributed by atoms with Crippen molar-refractivity contribution >= 4 is 23.4 Å². The van der Waals surface area contributed by atoms with Gasteiger partial charge in [-0.1, -0.05) is 31.2 Å². The van der Waals surface area contributed by atoms with E-state index < -0.39 is 23.7 Å². The summed E-state index contributed by atoms with van der Waals surface area (Å²) in [6.45, 7) is 4.59. The van der Waals surface area contributed by atoms with Gasteiger partial charge in [0.2, 0.25) is 0 Å². The summed E-state index contributed by atoms with van der Waals surface area (Å²) in [5, 5.41) is 21.0. The van der Waals surface area contributed by atoms with Crippen LogP contribution >= 0.6 is 0 Å². The molecule has 38 heavy (non-hydrogen) atoms. The van der Waals surface area contributed by atoms with Crippen LogP contribution in [0.25, 0.3) is 5.76 Å². The summed E-state index contributed by atoms with van der Waals surface area (Å²) >= 11 is 0. The number of phenols is 1. The first-order chi connectivity index (χ1) is 18.3. The zero-order chi connectivity index (χ0) is 27.2. The van der Waals surface area contributed by atoms with Crippen molar-refractivity contribution in [2.45, 2.75) is 32.9 Å². The summed E-state index contributed by atoms with van der Waals surface area (Å²) in [6.07, 6.45) is 0.851. The quantitative estimate of drug-likeness (QED) is 0.179. The Balaban J connectivity index is 1.72. The second-order valence-corrected chi connectivity index (χ2v) is 8.81. The fraction of sp³-hybridized carbons (Fsp3) is 0.233. The molecular formula is C30H29NO7. The Hall–Kier alpha value is -4.59. The number of carbonyl (C=O) groups excluding carboxylic acids is 3. The van der Waals surface area contributed by atoms with E-state index in [1.54, 1.807) is 67.6 Å². The number of benzene rings is 3. The fourth-order valence-corrected chi connectivity index (χ4v) is 4.29. The lowest BCUT2D eigenvalue weighted by Gasteiger charge is -2.25. The van der Waals surface area contributed by atoms with E-state index in [2.05, 4.69) is 0 Å². The van der Waals surface area contributed by atoms with Crippen LogP contribution in [-0.4, -0.2) is 46.0 Å². The van der Waals surface area contributed by atoms with Gasteiger partial charge in [0.1, 0.15) is 17.3 Å². The molecule has 4 rings (SSSR count). The highest BCUT2D eigenvalue weighted by molar-refractivity contribution is 6.46. The molecule has 1 fully saturated rings. The lowest BCUT2D eigenvalue weighted by molar-refractivity contribution is -0.140. The standard InChI is InChI=1S/C30H29NO7/c1-3-17-38-24-15-11-21(12-16-24)27(33)25-26(20-9-13-23(32)14-10-20)31(29(35)28(25)34)18-19-5-7-22(8-6-19)30(36)37-4-2/h5-16,26,32-33H,3-4,17-18H2,1-2H3/b27-25+. The fourth-order valence-electron chi connectivity index (χ4n) is 4.29. The molecule has 2 N–H and O–H groups in total. The van der Waals surface area contributed by atoms with E-state index in [4.69, 9.17) is 9.47 Å². The first-order valence-corrected chi connectivity index (χ1v) is 12.4. The van der Waals surface area contributed by atoms with E-state index in [-0.39, 0.29) is 30.2 Å². The number of ketones is 1. The molecule has 0 aliphatic carbocycles. The summed E-state index contributed by atoms with van der Waals surface area (Å²) in [6, 6.07) is 18.5. The maximum Gasteiger partial charge on any atom is 0.338 e. The topological polar surface area (TPSA) is 113 Å². The third kappa shape index (κ3) is 5.54. The number of carbonyl (C=O) groups is 3. The molecule has 8 heteroatoms. The lowest BCUT2D eigenvalue weighted by Crippen LogP contribution is -2.29. The number of amides is 1. The van der Waals surface area contributed by atoms with Crippen molar-refractivity contribution in [3.05, 3.63) is 101 Å². The van der Waals surface area contributed by atoms with E-state index in [1.165, 1.54) is 17.0 Å². The van der Waals surface area contributed by atoms with Crippen molar-refractivity contribution in [1.29, 1.82) is 0 Å². The number of Topliss-reactive ketones (excluding diaryl/α,β-unsaturated/α-hetero) is 1. The molecule has 0 aromatic heterocycles. The molecular weight excluding hydrogens is 486 g/mol. The van der Waals surface area contributed by atoms with Crippen molar-refractivity contribution in [2.24, 2.45) is 0 Å². The molecule has 1 amide bonds. The predicted octanol–water partition coefficient (Wildman–Crippen LogP) is 4.98. The van der Waals surface area contributed by atoms with E-state index in [0.717, 1.165) is 6.42 Å². The Morgan fingerprint density at radius 3 is 2.13 bits per heavy atom. The molecule has 1 aliphatic heterocycles. The van der Waals surface area contributed by atoms with Crippen molar-refractivity contribution in [3.8, 4) is 11.5 Å². The Morgan fingerprint density at radius 2 is 1.53 bits per heavy atom. The molecule has 1 unspecified atom stereocenters. The van der Waals surface area contributed by atoms with Gasteiger partial charge in [-0.05, 0) is 73.0 Å². The molecule has 3 aromatic rings. The molecule has 0 saturated carbocycles. The first-order valence-electron chi connectivity index (χ1n) is 12.4. The van der Waals surface area contributed by atoms with Crippen molar-refractivity contribution < 1.29 is 34.1 Å². The summed E-state index contributed by atoms with van der Waals surface area (Å²) in [5.41, 5.74) is 1.93. The van der Waals surface area contributed by atoms with Crippen molar-refractivity contribution in [1.82, 2.24) is 4.90 Å². The van der Waals surface area contributed by atoms with Gasteiger partial charge in [-0.3, -0.25) is 9.59 Å². The normalized spacial score (nSPS) is 16.5. The van der Waals surface area contributed by atoms with Gasteiger partial charge in [-0.2, -0.15) is 0 Å².